The molecule has 0 aromatic heterocycles. The van der Waals surface area contributed by atoms with Crippen LogP contribution in [0.5, 0.6) is 0 Å². The van der Waals surface area contributed by atoms with Gasteiger partial charge in [-0.2, -0.15) is 0 Å². The molecule has 0 nitrogen and oxygen atoms in total. The zero-order valence-corrected chi connectivity index (χ0v) is 15.2. The second-order valence-electron chi connectivity index (χ2n) is 6.22. The maximum Gasteiger partial charge on any atom is 0.0102 e. The highest BCUT2D eigenvalue weighted by Crippen LogP contribution is 2.45. The first kappa shape index (κ1) is 15.6. The van der Waals surface area contributed by atoms with Gasteiger partial charge in [0.05, 0.1) is 0 Å². The minimum Gasteiger partial charge on any atom is -0.0921 e. The SMILES string of the molecule is Cc1ccc(C)c(CC(CBr)(CBr)C2CCCC2)c1. The highest BCUT2D eigenvalue weighted by molar-refractivity contribution is 9.09. The average Bonchev–Trinajstić information content (AvgIpc) is 2.94. The number of alkyl halides is 2. The van der Waals surface area contributed by atoms with E-state index < -0.39 is 0 Å². The van der Waals surface area contributed by atoms with Crippen LogP contribution in [0.25, 0.3) is 0 Å². The van der Waals surface area contributed by atoms with Crippen molar-refractivity contribution in [1.82, 2.24) is 0 Å². The minimum atomic E-state index is 0.384. The van der Waals surface area contributed by atoms with Gasteiger partial charge in [-0.15, -0.1) is 0 Å². The molecule has 1 aliphatic carbocycles. The molecule has 106 valence electrons. The van der Waals surface area contributed by atoms with Gasteiger partial charge in [0.2, 0.25) is 0 Å². The maximum atomic E-state index is 3.81. The Hall–Kier alpha value is 0.180. The fourth-order valence-corrected chi connectivity index (χ4v) is 5.64. The molecule has 1 aromatic carbocycles. The minimum absolute atomic E-state index is 0.384. The number of aryl methyl sites for hydroxylation is 2. The summed E-state index contributed by atoms with van der Waals surface area (Å²) in [5.41, 5.74) is 4.74. The largest absolute Gasteiger partial charge is 0.0921 e. The molecule has 0 aliphatic heterocycles. The summed E-state index contributed by atoms with van der Waals surface area (Å²) in [6.07, 6.45) is 6.84. The number of rotatable bonds is 5. The summed E-state index contributed by atoms with van der Waals surface area (Å²) in [6, 6.07) is 6.87. The highest BCUT2D eigenvalue weighted by atomic mass is 79.9. The molecular formula is C17H24Br2. The Kier molecular flexibility index (Phi) is 5.54. The van der Waals surface area contributed by atoms with Crippen LogP contribution >= 0.6 is 31.9 Å². The molecule has 2 heteroatoms. The lowest BCUT2D eigenvalue weighted by molar-refractivity contribution is 0.232. The van der Waals surface area contributed by atoms with Gasteiger partial charge in [0, 0.05) is 10.7 Å². The molecule has 0 spiro atoms. The van der Waals surface area contributed by atoms with Crippen LogP contribution in [-0.2, 0) is 6.42 Å². The van der Waals surface area contributed by atoms with Gasteiger partial charge in [-0.05, 0) is 55.6 Å². The molecule has 0 amide bonds. The van der Waals surface area contributed by atoms with Gasteiger partial charge in [-0.3, -0.25) is 0 Å². The molecular weight excluding hydrogens is 364 g/mol. The van der Waals surface area contributed by atoms with Gasteiger partial charge in [0.1, 0.15) is 0 Å². The van der Waals surface area contributed by atoms with E-state index in [9.17, 15) is 0 Å². The molecule has 0 atom stereocenters. The van der Waals surface area contributed by atoms with E-state index in [1.54, 1.807) is 0 Å². The smallest absolute Gasteiger partial charge is 0.0102 e. The Morgan fingerprint density at radius 1 is 1.11 bits per heavy atom. The van der Waals surface area contributed by atoms with Crippen LogP contribution in [0, 0.1) is 25.2 Å². The normalized spacial score (nSPS) is 17.1. The van der Waals surface area contributed by atoms with Crippen molar-refractivity contribution in [1.29, 1.82) is 0 Å². The lowest BCUT2D eigenvalue weighted by Gasteiger charge is -2.37. The molecule has 0 bridgehead atoms. The Morgan fingerprint density at radius 2 is 1.74 bits per heavy atom. The van der Waals surface area contributed by atoms with Gasteiger partial charge >= 0.3 is 0 Å². The monoisotopic (exact) mass is 386 g/mol. The molecule has 1 aromatic rings. The first-order valence-electron chi connectivity index (χ1n) is 7.29. The van der Waals surface area contributed by atoms with Crippen molar-refractivity contribution in [3.63, 3.8) is 0 Å². The van der Waals surface area contributed by atoms with E-state index >= 15 is 0 Å². The van der Waals surface area contributed by atoms with E-state index in [1.807, 2.05) is 0 Å². The van der Waals surface area contributed by atoms with E-state index in [0.29, 0.717) is 5.41 Å². The molecule has 0 radical (unpaired) electrons. The molecule has 0 N–H and O–H groups in total. The zero-order chi connectivity index (χ0) is 13.9. The quantitative estimate of drug-likeness (QED) is 0.559. The van der Waals surface area contributed by atoms with Gasteiger partial charge in [0.25, 0.3) is 0 Å². The fraction of sp³-hybridized carbons (Fsp3) is 0.647. The standard InChI is InChI=1S/C17H24Br2/c1-13-7-8-14(2)15(9-13)10-17(11-18,12-19)16-5-3-4-6-16/h7-9,16H,3-6,10-12H2,1-2H3. The van der Waals surface area contributed by atoms with E-state index in [1.165, 1.54) is 48.8 Å². The molecule has 1 fully saturated rings. The first-order chi connectivity index (χ1) is 9.11. The number of halogens is 2. The predicted molar refractivity (Wildman–Crippen MR) is 91.6 cm³/mol. The van der Waals surface area contributed by atoms with E-state index in [2.05, 4.69) is 63.9 Å². The summed E-state index contributed by atoms with van der Waals surface area (Å²) in [5.74, 6) is 0.867. The lowest BCUT2D eigenvalue weighted by Crippen LogP contribution is -2.35. The van der Waals surface area contributed by atoms with Crippen molar-refractivity contribution in [2.75, 3.05) is 10.7 Å². The van der Waals surface area contributed by atoms with E-state index in [4.69, 9.17) is 0 Å². The summed E-state index contributed by atoms with van der Waals surface area (Å²) in [7, 11) is 0. The second kappa shape index (κ2) is 6.76. The first-order valence-corrected chi connectivity index (χ1v) is 9.53. The second-order valence-corrected chi connectivity index (χ2v) is 7.34. The Balaban J connectivity index is 2.27. The van der Waals surface area contributed by atoms with Crippen molar-refractivity contribution < 1.29 is 0 Å². The van der Waals surface area contributed by atoms with Crippen LogP contribution in [0.4, 0.5) is 0 Å². The molecule has 0 heterocycles. The summed E-state index contributed by atoms with van der Waals surface area (Å²) < 4.78 is 0. The van der Waals surface area contributed by atoms with Crippen LogP contribution in [0.15, 0.2) is 18.2 Å². The van der Waals surface area contributed by atoms with E-state index in [-0.39, 0.29) is 0 Å². The van der Waals surface area contributed by atoms with Crippen molar-refractivity contribution in [3.8, 4) is 0 Å². The van der Waals surface area contributed by atoms with E-state index in [0.717, 1.165) is 16.6 Å². The number of hydrogen-bond donors (Lipinski definition) is 0. The van der Waals surface area contributed by atoms with Crippen molar-refractivity contribution >= 4 is 31.9 Å². The van der Waals surface area contributed by atoms with Crippen LogP contribution in [0.2, 0.25) is 0 Å². The van der Waals surface area contributed by atoms with Gasteiger partial charge in [0.15, 0.2) is 0 Å². The third-order valence-corrected chi connectivity index (χ3v) is 7.03. The lowest BCUT2D eigenvalue weighted by atomic mass is 9.73. The number of hydrogen-bond acceptors (Lipinski definition) is 0. The summed E-state index contributed by atoms with van der Waals surface area (Å²) in [6.45, 7) is 4.44. The third kappa shape index (κ3) is 3.44. The van der Waals surface area contributed by atoms with Crippen molar-refractivity contribution in [2.24, 2.45) is 11.3 Å². The van der Waals surface area contributed by atoms with Gasteiger partial charge in [-0.25, -0.2) is 0 Å². The highest BCUT2D eigenvalue weighted by Gasteiger charge is 2.38. The Bertz CT molecular complexity index is 415. The van der Waals surface area contributed by atoms with Crippen LogP contribution in [0.3, 0.4) is 0 Å². The Labute approximate surface area is 134 Å². The van der Waals surface area contributed by atoms with Crippen LogP contribution < -0.4 is 0 Å². The maximum absolute atomic E-state index is 3.81. The topological polar surface area (TPSA) is 0 Å². The van der Waals surface area contributed by atoms with Crippen LogP contribution in [-0.4, -0.2) is 10.7 Å². The number of benzene rings is 1. The fourth-order valence-electron chi connectivity index (χ4n) is 3.40. The molecule has 1 saturated carbocycles. The Morgan fingerprint density at radius 3 is 2.32 bits per heavy atom. The third-order valence-electron chi connectivity index (χ3n) is 4.80. The molecule has 0 unspecified atom stereocenters. The van der Waals surface area contributed by atoms with Gasteiger partial charge in [-0.1, -0.05) is 68.5 Å². The molecule has 19 heavy (non-hydrogen) atoms. The van der Waals surface area contributed by atoms with Crippen LogP contribution in [0.1, 0.15) is 42.4 Å². The zero-order valence-electron chi connectivity index (χ0n) is 12.0. The predicted octanol–water partition coefficient (Wildman–Crippen LogP) is 5.81. The van der Waals surface area contributed by atoms with Crippen molar-refractivity contribution in [3.05, 3.63) is 34.9 Å². The molecule has 1 aliphatic rings. The summed E-state index contributed by atoms with van der Waals surface area (Å²) in [4.78, 5) is 0. The molecule has 0 saturated heterocycles. The summed E-state index contributed by atoms with van der Waals surface area (Å²) >= 11 is 7.63. The summed E-state index contributed by atoms with van der Waals surface area (Å²) in [5, 5.41) is 2.20. The molecule has 2 rings (SSSR count). The average molecular weight is 388 g/mol. The van der Waals surface area contributed by atoms with Crippen molar-refractivity contribution in [2.45, 2.75) is 46.0 Å². The van der Waals surface area contributed by atoms with Gasteiger partial charge < -0.3 is 0 Å².